The lowest BCUT2D eigenvalue weighted by Gasteiger charge is -2.21. The van der Waals surface area contributed by atoms with E-state index in [1.807, 2.05) is 0 Å². The molecule has 0 bridgehead atoms. The van der Waals surface area contributed by atoms with Crippen molar-refractivity contribution in [3.05, 3.63) is 65.0 Å². The zero-order valence-corrected chi connectivity index (χ0v) is 12.7. The molecule has 1 aromatic heterocycles. The van der Waals surface area contributed by atoms with Crippen LogP contribution in [0.1, 0.15) is 43.2 Å². The van der Waals surface area contributed by atoms with Crippen LogP contribution >= 0.6 is 0 Å². The normalized spacial score (nSPS) is 11.6. The summed E-state index contributed by atoms with van der Waals surface area (Å²) in [4.78, 5) is 0. The van der Waals surface area contributed by atoms with Crippen LogP contribution in [0, 0.1) is 13.8 Å². The average molecular weight is 254 g/mol. The second-order valence-electron chi connectivity index (χ2n) is 6.31. The lowest BCUT2D eigenvalue weighted by molar-refractivity contribution is -0.694. The Bertz CT molecular complexity index is 576. The third-order valence-electron chi connectivity index (χ3n) is 3.78. The first-order valence-electron chi connectivity index (χ1n) is 6.93. The minimum Gasteiger partial charge on any atom is -0.198 e. The minimum absolute atomic E-state index is 0.189. The van der Waals surface area contributed by atoms with E-state index in [2.05, 4.69) is 81.8 Å². The second-order valence-corrected chi connectivity index (χ2v) is 6.31. The van der Waals surface area contributed by atoms with E-state index in [0.717, 1.165) is 6.54 Å². The summed E-state index contributed by atoms with van der Waals surface area (Å²) in [5.41, 5.74) is 5.72. The van der Waals surface area contributed by atoms with Crippen LogP contribution in [0.15, 0.2) is 42.6 Å². The van der Waals surface area contributed by atoms with Crippen molar-refractivity contribution in [3.8, 4) is 0 Å². The van der Waals surface area contributed by atoms with E-state index >= 15 is 0 Å². The quantitative estimate of drug-likeness (QED) is 0.715. The van der Waals surface area contributed by atoms with E-state index in [1.54, 1.807) is 0 Å². The van der Waals surface area contributed by atoms with Crippen LogP contribution in [0.5, 0.6) is 0 Å². The Balaban J connectivity index is 2.42. The molecule has 100 valence electrons. The van der Waals surface area contributed by atoms with Gasteiger partial charge in [-0.1, -0.05) is 45.0 Å². The van der Waals surface area contributed by atoms with Crippen molar-refractivity contribution in [2.75, 3.05) is 0 Å². The minimum atomic E-state index is 0.189. The highest BCUT2D eigenvalue weighted by Gasteiger charge is 2.20. The van der Waals surface area contributed by atoms with Crippen LogP contribution in [-0.4, -0.2) is 0 Å². The van der Waals surface area contributed by atoms with E-state index in [0.29, 0.717) is 0 Å². The fraction of sp³-hybridized carbons (Fsp3) is 0.389. The van der Waals surface area contributed by atoms with Gasteiger partial charge in [0.05, 0.1) is 0 Å². The lowest BCUT2D eigenvalue weighted by Crippen LogP contribution is -2.38. The first-order valence-corrected chi connectivity index (χ1v) is 6.93. The molecular weight excluding hydrogens is 230 g/mol. The van der Waals surface area contributed by atoms with Gasteiger partial charge in [0.25, 0.3) is 0 Å². The van der Waals surface area contributed by atoms with Crippen molar-refractivity contribution in [1.82, 2.24) is 0 Å². The maximum atomic E-state index is 2.33. The smallest absolute Gasteiger partial charge is 0.181 e. The topological polar surface area (TPSA) is 3.88 Å². The van der Waals surface area contributed by atoms with Crippen LogP contribution < -0.4 is 4.57 Å². The first kappa shape index (κ1) is 13.8. The summed E-state index contributed by atoms with van der Waals surface area (Å²) in [6.45, 7) is 12.1. The lowest BCUT2D eigenvalue weighted by atomic mass is 9.84. The molecule has 1 heterocycles. The fourth-order valence-electron chi connectivity index (χ4n) is 2.49. The fourth-order valence-corrected chi connectivity index (χ4v) is 2.49. The maximum Gasteiger partial charge on any atom is 0.181 e. The summed E-state index contributed by atoms with van der Waals surface area (Å²) in [7, 11) is 0. The van der Waals surface area contributed by atoms with Crippen molar-refractivity contribution in [2.45, 2.75) is 46.6 Å². The molecule has 1 aromatic carbocycles. The third kappa shape index (κ3) is 3.04. The SMILES string of the molecule is Cc1ccc[n+](Cc2ccccc2C(C)(C)C)c1C. The summed E-state index contributed by atoms with van der Waals surface area (Å²) in [6, 6.07) is 13.1. The molecule has 1 heteroatoms. The highest BCUT2D eigenvalue weighted by molar-refractivity contribution is 5.32. The Kier molecular flexibility index (Phi) is 3.75. The second kappa shape index (κ2) is 5.16. The third-order valence-corrected chi connectivity index (χ3v) is 3.78. The van der Waals surface area contributed by atoms with Crippen molar-refractivity contribution in [2.24, 2.45) is 0 Å². The summed E-state index contributed by atoms with van der Waals surface area (Å²) < 4.78 is 2.33. The zero-order chi connectivity index (χ0) is 14.0. The van der Waals surface area contributed by atoms with Crippen molar-refractivity contribution < 1.29 is 4.57 Å². The molecule has 2 rings (SSSR count). The molecule has 2 aromatic rings. The molecule has 0 saturated heterocycles. The van der Waals surface area contributed by atoms with Gasteiger partial charge >= 0.3 is 0 Å². The summed E-state index contributed by atoms with van der Waals surface area (Å²) in [6.07, 6.45) is 2.17. The van der Waals surface area contributed by atoms with Crippen LogP contribution in [0.3, 0.4) is 0 Å². The highest BCUT2D eigenvalue weighted by Crippen LogP contribution is 2.25. The largest absolute Gasteiger partial charge is 0.198 e. The van der Waals surface area contributed by atoms with E-state index < -0.39 is 0 Å². The molecule has 0 amide bonds. The number of pyridine rings is 1. The van der Waals surface area contributed by atoms with Crippen LogP contribution in [0.2, 0.25) is 0 Å². The molecule has 0 N–H and O–H groups in total. The van der Waals surface area contributed by atoms with Crippen LogP contribution in [0.4, 0.5) is 0 Å². The zero-order valence-electron chi connectivity index (χ0n) is 12.7. The predicted molar refractivity (Wildman–Crippen MR) is 80.4 cm³/mol. The maximum absolute atomic E-state index is 2.33. The molecular formula is C18H24N+. The average Bonchev–Trinajstić information content (AvgIpc) is 2.34. The number of benzene rings is 1. The molecule has 0 fully saturated rings. The van der Waals surface area contributed by atoms with Gasteiger partial charge < -0.3 is 0 Å². The summed E-state index contributed by atoms with van der Waals surface area (Å²) in [5.74, 6) is 0. The molecule has 0 radical (unpaired) electrons. The number of hydrogen-bond donors (Lipinski definition) is 0. The number of rotatable bonds is 2. The van der Waals surface area contributed by atoms with Gasteiger partial charge in [0.1, 0.15) is 0 Å². The molecule has 0 atom stereocenters. The van der Waals surface area contributed by atoms with E-state index in [1.165, 1.54) is 22.4 Å². The molecule has 0 unspecified atom stereocenters. The molecule has 1 nitrogen and oxygen atoms in total. The van der Waals surface area contributed by atoms with Gasteiger partial charge in [0.15, 0.2) is 18.4 Å². The van der Waals surface area contributed by atoms with E-state index in [-0.39, 0.29) is 5.41 Å². The Hall–Kier alpha value is -1.63. The monoisotopic (exact) mass is 254 g/mol. The van der Waals surface area contributed by atoms with Gasteiger partial charge in [-0.2, -0.15) is 4.57 Å². The van der Waals surface area contributed by atoms with E-state index in [4.69, 9.17) is 0 Å². The Labute approximate surface area is 116 Å². The number of aromatic nitrogens is 1. The van der Waals surface area contributed by atoms with Gasteiger partial charge in [-0.15, -0.1) is 0 Å². The predicted octanol–water partition coefficient (Wildman–Crippen LogP) is 3.94. The van der Waals surface area contributed by atoms with E-state index in [9.17, 15) is 0 Å². The number of hydrogen-bond acceptors (Lipinski definition) is 0. The van der Waals surface area contributed by atoms with Gasteiger partial charge in [-0.05, 0) is 24.0 Å². The highest BCUT2D eigenvalue weighted by atomic mass is 14.9. The summed E-state index contributed by atoms with van der Waals surface area (Å²) in [5, 5.41) is 0. The summed E-state index contributed by atoms with van der Waals surface area (Å²) >= 11 is 0. The number of nitrogens with zero attached hydrogens (tertiary/aromatic N) is 1. The Morgan fingerprint density at radius 1 is 0.947 bits per heavy atom. The van der Waals surface area contributed by atoms with Gasteiger partial charge in [0.2, 0.25) is 0 Å². The Morgan fingerprint density at radius 2 is 1.63 bits per heavy atom. The standard InChI is InChI=1S/C18H24N/c1-14-9-8-12-19(15(14)2)13-16-10-6-7-11-17(16)18(3,4)5/h6-12H,13H2,1-5H3/q+1. The molecule has 0 aliphatic heterocycles. The van der Waals surface area contributed by atoms with Gasteiger partial charge in [-0.3, -0.25) is 0 Å². The molecule has 0 spiro atoms. The van der Waals surface area contributed by atoms with Gasteiger partial charge in [0, 0.05) is 24.1 Å². The van der Waals surface area contributed by atoms with Crippen LogP contribution in [-0.2, 0) is 12.0 Å². The molecule has 0 aliphatic carbocycles. The first-order chi connectivity index (χ1) is 8.89. The Morgan fingerprint density at radius 3 is 2.32 bits per heavy atom. The molecule has 19 heavy (non-hydrogen) atoms. The van der Waals surface area contributed by atoms with Crippen molar-refractivity contribution in [1.29, 1.82) is 0 Å². The van der Waals surface area contributed by atoms with Gasteiger partial charge in [-0.25, -0.2) is 0 Å². The van der Waals surface area contributed by atoms with Crippen molar-refractivity contribution in [3.63, 3.8) is 0 Å². The molecule has 0 saturated carbocycles. The van der Waals surface area contributed by atoms with Crippen molar-refractivity contribution >= 4 is 0 Å². The number of aryl methyl sites for hydroxylation is 1. The molecule has 0 aliphatic rings. The van der Waals surface area contributed by atoms with Crippen LogP contribution in [0.25, 0.3) is 0 Å².